The summed E-state index contributed by atoms with van der Waals surface area (Å²) >= 11 is 0. The molecule has 1 N–H and O–H groups in total. The summed E-state index contributed by atoms with van der Waals surface area (Å²) in [5, 5.41) is 17.4. The Hall–Kier alpha value is -1.16. The van der Waals surface area contributed by atoms with E-state index in [0.29, 0.717) is 6.54 Å². The zero-order valence-corrected chi connectivity index (χ0v) is 7.64. The van der Waals surface area contributed by atoms with E-state index in [1.54, 1.807) is 0 Å². The van der Waals surface area contributed by atoms with Gasteiger partial charge in [-0.05, 0) is 25.5 Å². The predicted octanol–water partition coefficient (Wildman–Crippen LogP) is 0.356. The summed E-state index contributed by atoms with van der Waals surface area (Å²) in [5.74, 6) is 0.863. The van der Waals surface area contributed by atoms with Gasteiger partial charge in [-0.3, -0.25) is 0 Å². The van der Waals surface area contributed by atoms with Crippen LogP contribution in [0.25, 0.3) is 0 Å². The third-order valence-corrected chi connectivity index (χ3v) is 2.27. The number of aliphatic hydroxyl groups excluding tert-OH is 1. The quantitative estimate of drug-likeness (QED) is 0.676. The monoisotopic (exact) mass is 179 g/mol. The fraction of sp³-hybridized carbons (Fsp3) is 0.556. The molecule has 4 heteroatoms. The van der Waals surface area contributed by atoms with Gasteiger partial charge >= 0.3 is 0 Å². The van der Waals surface area contributed by atoms with Crippen molar-refractivity contribution in [2.45, 2.75) is 19.4 Å². The van der Waals surface area contributed by atoms with Crippen LogP contribution in [0, 0.1) is 6.92 Å². The molecule has 0 aliphatic carbocycles. The molecule has 1 atom stereocenters. The van der Waals surface area contributed by atoms with Gasteiger partial charge < -0.3 is 10.0 Å². The first-order valence-corrected chi connectivity index (χ1v) is 4.49. The van der Waals surface area contributed by atoms with E-state index in [0.717, 1.165) is 24.5 Å². The second kappa shape index (κ2) is 3.30. The van der Waals surface area contributed by atoms with Crippen LogP contribution in [0.1, 0.15) is 12.1 Å². The largest absolute Gasteiger partial charge is 0.391 e. The van der Waals surface area contributed by atoms with Crippen LogP contribution in [-0.2, 0) is 0 Å². The third-order valence-electron chi connectivity index (χ3n) is 2.27. The fourth-order valence-electron chi connectivity index (χ4n) is 1.51. The number of aromatic nitrogens is 2. The molecule has 70 valence electrons. The van der Waals surface area contributed by atoms with Gasteiger partial charge in [0.15, 0.2) is 5.82 Å². The van der Waals surface area contributed by atoms with Gasteiger partial charge in [0, 0.05) is 13.1 Å². The first kappa shape index (κ1) is 8.44. The Labute approximate surface area is 77.2 Å². The molecule has 1 aromatic rings. The highest BCUT2D eigenvalue weighted by Gasteiger charge is 2.21. The van der Waals surface area contributed by atoms with E-state index in [2.05, 4.69) is 15.1 Å². The summed E-state index contributed by atoms with van der Waals surface area (Å²) < 4.78 is 0. The minimum Gasteiger partial charge on any atom is -0.391 e. The molecular weight excluding hydrogens is 166 g/mol. The summed E-state index contributed by atoms with van der Waals surface area (Å²) in [6, 6.07) is 3.88. The normalized spacial score (nSPS) is 22.3. The molecule has 0 bridgehead atoms. The maximum atomic E-state index is 9.33. The van der Waals surface area contributed by atoms with Crippen molar-refractivity contribution in [1.82, 2.24) is 10.2 Å². The smallest absolute Gasteiger partial charge is 0.151 e. The van der Waals surface area contributed by atoms with Crippen molar-refractivity contribution >= 4 is 5.82 Å². The van der Waals surface area contributed by atoms with E-state index in [1.165, 1.54) is 0 Å². The molecule has 0 aromatic carbocycles. The van der Waals surface area contributed by atoms with E-state index < -0.39 is 0 Å². The van der Waals surface area contributed by atoms with Gasteiger partial charge in [0.25, 0.3) is 0 Å². The number of hydrogen-bond donors (Lipinski definition) is 1. The molecule has 1 unspecified atom stereocenters. The van der Waals surface area contributed by atoms with Crippen molar-refractivity contribution in [3.63, 3.8) is 0 Å². The van der Waals surface area contributed by atoms with Crippen LogP contribution in [-0.4, -0.2) is 34.5 Å². The lowest BCUT2D eigenvalue weighted by Crippen LogP contribution is -2.22. The van der Waals surface area contributed by atoms with E-state index >= 15 is 0 Å². The number of aliphatic hydroxyl groups is 1. The Morgan fingerprint density at radius 1 is 1.46 bits per heavy atom. The van der Waals surface area contributed by atoms with Crippen molar-refractivity contribution in [2.75, 3.05) is 18.0 Å². The van der Waals surface area contributed by atoms with Gasteiger partial charge in [-0.2, -0.15) is 5.10 Å². The van der Waals surface area contributed by atoms with E-state index in [9.17, 15) is 5.11 Å². The first-order valence-electron chi connectivity index (χ1n) is 4.49. The van der Waals surface area contributed by atoms with Crippen molar-refractivity contribution in [3.05, 3.63) is 17.8 Å². The Morgan fingerprint density at radius 3 is 2.85 bits per heavy atom. The second-order valence-electron chi connectivity index (χ2n) is 3.42. The molecule has 0 amide bonds. The summed E-state index contributed by atoms with van der Waals surface area (Å²) in [4.78, 5) is 2.05. The summed E-state index contributed by atoms with van der Waals surface area (Å²) in [6.45, 7) is 3.46. The summed E-state index contributed by atoms with van der Waals surface area (Å²) in [7, 11) is 0. The number of β-amino-alcohol motifs (C(OH)–C–C–N with tert-alkyl or cyclic N) is 1. The highest BCUT2D eigenvalue weighted by atomic mass is 16.3. The van der Waals surface area contributed by atoms with Crippen LogP contribution in [0.15, 0.2) is 12.1 Å². The zero-order valence-electron chi connectivity index (χ0n) is 7.64. The third kappa shape index (κ3) is 1.78. The van der Waals surface area contributed by atoms with Crippen LogP contribution < -0.4 is 4.90 Å². The van der Waals surface area contributed by atoms with Crippen molar-refractivity contribution in [3.8, 4) is 0 Å². The Balaban J connectivity index is 2.13. The second-order valence-corrected chi connectivity index (χ2v) is 3.42. The molecular formula is C9H13N3O. The molecule has 2 heterocycles. The lowest BCUT2D eigenvalue weighted by molar-refractivity contribution is 0.198. The lowest BCUT2D eigenvalue weighted by atomic mass is 10.3. The fourth-order valence-corrected chi connectivity index (χ4v) is 1.51. The van der Waals surface area contributed by atoms with Gasteiger partial charge in [0.2, 0.25) is 0 Å². The molecule has 1 aliphatic heterocycles. The van der Waals surface area contributed by atoms with Crippen molar-refractivity contribution in [1.29, 1.82) is 0 Å². The molecule has 4 nitrogen and oxygen atoms in total. The number of rotatable bonds is 1. The Bertz CT molecular complexity index is 285. The highest BCUT2D eigenvalue weighted by molar-refractivity contribution is 5.38. The van der Waals surface area contributed by atoms with E-state index in [-0.39, 0.29) is 6.10 Å². The molecule has 1 saturated heterocycles. The SMILES string of the molecule is Cc1ccc(N2CCC(O)C2)nn1. The average molecular weight is 179 g/mol. The first-order chi connectivity index (χ1) is 6.25. The molecule has 13 heavy (non-hydrogen) atoms. The van der Waals surface area contributed by atoms with Crippen LogP contribution in [0.3, 0.4) is 0 Å². The highest BCUT2D eigenvalue weighted by Crippen LogP contribution is 2.16. The van der Waals surface area contributed by atoms with Gasteiger partial charge in [0.1, 0.15) is 0 Å². The Kier molecular flexibility index (Phi) is 2.14. The van der Waals surface area contributed by atoms with Gasteiger partial charge in [0.05, 0.1) is 11.8 Å². The van der Waals surface area contributed by atoms with Crippen molar-refractivity contribution in [2.24, 2.45) is 0 Å². The van der Waals surface area contributed by atoms with Crippen LogP contribution in [0.2, 0.25) is 0 Å². The summed E-state index contributed by atoms with van der Waals surface area (Å²) in [6.07, 6.45) is 0.623. The molecule has 0 saturated carbocycles. The number of hydrogen-bond acceptors (Lipinski definition) is 4. The molecule has 0 spiro atoms. The maximum absolute atomic E-state index is 9.33. The van der Waals surface area contributed by atoms with E-state index in [1.807, 2.05) is 19.1 Å². The summed E-state index contributed by atoms with van der Waals surface area (Å²) in [5.41, 5.74) is 0.920. The molecule has 1 aliphatic rings. The number of nitrogens with zero attached hydrogens (tertiary/aromatic N) is 3. The predicted molar refractivity (Wildman–Crippen MR) is 49.6 cm³/mol. The van der Waals surface area contributed by atoms with Crippen LogP contribution >= 0.6 is 0 Å². The number of anilines is 1. The average Bonchev–Trinajstić information content (AvgIpc) is 2.53. The van der Waals surface area contributed by atoms with Gasteiger partial charge in [-0.25, -0.2) is 0 Å². The topological polar surface area (TPSA) is 49.2 Å². The minimum absolute atomic E-state index is 0.205. The molecule has 0 radical (unpaired) electrons. The molecule has 2 rings (SSSR count). The van der Waals surface area contributed by atoms with Crippen molar-refractivity contribution < 1.29 is 5.11 Å². The molecule has 1 fully saturated rings. The number of aryl methyl sites for hydroxylation is 1. The van der Waals surface area contributed by atoms with Gasteiger partial charge in [-0.1, -0.05) is 0 Å². The minimum atomic E-state index is -0.205. The zero-order chi connectivity index (χ0) is 9.26. The van der Waals surface area contributed by atoms with Crippen LogP contribution in [0.4, 0.5) is 5.82 Å². The standard InChI is InChI=1S/C9H13N3O/c1-7-2-3-9(11-10-7)12-5-4-8(13)6-12/h2-3,8,13H,4-6H2,1H3. The van der Waals surface area contributed by atoms with Gasteiger partial charge in [-0.15, -0.1) is 5.10 Å². The van der Waals surface area contributed by atoms with Crippen LogP contribution in [0.5, 0.6) is 0 Å². The lowest BCUT2D eigenvalue weighted by Gasteiger charge is -2.15. The Morgan fingerprint density at radius 2 is 2.31 bits per heavy atom. The molecule has 1 aromatic heterocycles. The maximum Gasteiger partial charge on any atom is 0.151 e. The van der Waals surface area contributed by atoms with E-state index in [4.69, 9.17) is 0 Å².